The number of nitrogens with one attached hydrogen (secondary N) is 2. The van der Waals surface area contributed by atoms with Crippen molar-refractivity contribution in [3.8, 4) is 0 Å². The Kier molecular flexibility index (Phi) is 5.34. The summed E-state index contributed by atoms with van der Waals surface area (Å²) in [5, 5.41) is 6.93. The molecule has 19 heavy (non-hydrogen) atoms. The van der Waals surface area contributed by atoms with Crippen LogP contribution in [0.15, 0.2) is 16.5 Å². The Morgan fingerprint density at radius 3 is 2.89 bits per heavy atom. The number of piperidine rings is 1. The van der Waals surface area contributed by atoms with Gasteiger partial charge in [0, 0.05) is 5.25 Å². The summed E-state index contributed by atoms with van der Waals surface area (Å²) >= 11 is 1.77. The van der Waals surface area contributed by atoms with Gasteiger partial charge in [-0.25, -0.2) is 0 Å². The first-order valence-electron chi connectivity index (χ1n) is 6.83. The summed E-state index contributed by atoms with van der Waals surface area (Å²) in [7, 11) is 0. The van der Waals surface area contributed by atoms with E-state index < -0.39 is 0 Å². The molecule has 1 fully saturated rings. The summed E-state index contributed by atoms with van der Waals surface area (Å²) in [5.74, 6) is 2.32. The van der Waals surface area contributed by atoms with Crippen LogP contribution in [0.5, 0.6) is 0 Å². The van der Waals surface area contributed by atoms with Crippen molar-refractivity contribution in [2.75, 3.05) is 18.8 Å². The van der Waals surface area contributed by atoms with Gasteiger partial charge in [0.25, 0.3) is 0 Å². The van der Waals surface area contributed by atoms with E-state index in [-0.39, 0.29) is 11.9 Å². The average Bonchev–Trinajstić information content (AvgIpc) is 2.84. The fraction of sp³-hybridized carbons (Fsp3) is 0.643. The van der Waals surface area contributed by atoms with Crippen LogP contribution >= 0.6 is 11.8 Å². The summed E-state index contributed by atoms with van der Waals surface area (Å²) < 4.78 is 5.51. The van der Waals surface area contributed by atoms with Crippen LogP contribution in [0.25, 0.3) is 0 Å². The van der Waals surface area contributed by atoms with E-state index in [1.54, 1.807) is 11.8 Å². The molecule has 1 atom stereocenters. The van der Waals surface area contributed by atoms with Gasteiger partial charge in [0.1, 0.15) is 11.5 Å². The van der Waals surface area contributed by atoms with Crippen molar-refractivity contribution < 1.29 is 9.21 Å². The Morgan fingerprint density at radius 1 is 1.53 bits per heavy atom. The molecule has 106 valence electrons. The zero-order valence-corrected chi connectivity index (χ0v) is 12.4. The van der Waals surface area contributed by atoms with Gasteiger partial charge in [-0.15, -0.1) is 11.8 Å². The zero-order chi connectivity index (χ0) is 13.7. The van der Waals surface area contributed by atoms with Gasteiger partial charge in [-0.1, -0.05) is 0 Å². The van der Waals surface area contributed by atoms with Crippen LogP contribution in [0.1, 0.15) is 37.3 Å². The second-order valence-electron chi connectivity index (χ2n) is 5.00. The van der Waals surface area contributed by atoms with Crippen LogP contribution in [-0.2, 0) is 4.79 Å². The SMILES string of the molecule is Cc1ccc(C(C)NC(=O)CSC2CCNCC2)o1. The summed E-state index contributed by atoms with van der Waals surface area (Å²) in [4.78, 5) is 11.9. The van der Waals surface area contributed by atoms with Crippen LogP contribution in [0.3, 0.4) is 0 Å². The number of hydrogen-bond donors (Lipinski definition) is 2. The molecule has 1 aromatic heterocycles. The lowest BCUT2D eigenvalue weighted by molar-refractivity contribution is -0.119. The largest absolute Gasteiger partial charge is 0.464 e. The molecule has 2 rings (SSSR count). The maximum absolute atomic E-state index is 11.9. The first kappa shape index (κ1) is 14.5. The van der Waals surface area contributed by atoms with Crippen molar-refractivity contribution >= 4 is 17.7 Å². The standard InChI is InChI=1S/C14H22N2O2S/c1-10-3-4-13(18-10)11(2)16-14(17)9-19-12-5-7-15-8-6-12/h3-4,11-12,15H,5-9H2,1-2H3,(H,16,17). The molecule has 1 aliphatic rings. The molecular weight excluding hydrogens is 260 g/mol. The predicted octanol–water partition coefficient (Wildman–Crippen LogP) is 2.25. The second kappa shape index (κ2) is 7.01. The summed E-state index contributed by atoms with van der Waals surface area (Å²) in [6, 6.07) is 3.77. The van der Waals surface area contributed by atoms with Crippen LogP contribution in [0.4, 0.5) is 0 Å². The van der Waals surface area contributed by atoms with Gasteiger partial charge in [-0.2, -0.15) is 0 Å². The van der Waals surface area contributed by atoms with E-state index in [1.165, 1.54) is 0 Å². The molecule has 0 saturated carbocycles. The molecule has 1 unspecified atom stereocenters. The molecule has 0 spiro atoms. The van der Waals surface area contributed by atoms with E-state index in [2.05, 4.69) is 10.6 Å². The summed E-state index contributed by atoms with van der Waals surface area (Å²) in [5.41, 5.74) is 0. The predicted molar refractivity (Wildman–Crippen MR) is 78.4 cm³/mol. The maximum atomic E-state index is 11.9. The van der Waals surface area contributed by atoms with Gasteiger partial charge in [0.2, 0.25) is 5.91 Å². The minimum atomic E-state index is -0.0603. The Morgan fingerprint density at radius 2 is 2.26 bits per heavy atom. The first-order chi connectivity index (χ1) is 9.15. The summed E-state index contributed by atoms with van der Waals surface area (Å²) in [6.45, 7) is 6.00. The molecule has 0 aromatic carbocycles. The lowest BCUT2D eigenvalue weighted by Crippen LogP contribution is -2.32. The molecule has 5 heteroatoms. The Bertz CT molecular complexity index is 413. The number of hydrogen-bond acceptors (Lipinski definition) is 4. The number of furan rings is 1. The van der Waals surface area contributed by atoms with Crippen LogP contribution in [0, 0.1) is 6.92 Å². The van der Waals surface area contributed by atoms with Gasteiger partial charge in [0.05, 0.1) is 11.8 Å². The molecule has 2 N–H and O–H groups in total. The minimum absolute atomic E-state index is 0.0603. The molecule has 1 saturated heterocycles. The lowest BCUT2D eigenvalue weighted by Gasteiger charge is -2.22. The van der Waals surface area contributed by atoms with Crippen LogP contribution in [0.2, 0.25) is 0 Å². The van der Waals surface area contributed by atoms with E-state index >= 15 is 0 Å². The highest BCUT2D eigenvalue weighted by atomic mass is 32.2. The third-order valence-electron chi connectivity index (χ3n) is 3.30. The Hall–Kier alpha value is -0.940. The molecule has 1 amide bonds. The highest BCUT2D eigenvalue weighted by Crippen LogP contribution is 2.20. The highest BCUT2D eigenvalue weighted by molar-refractivity contribution is 8.00. The van der Waals surface area contributed by atoms with Crippen molar-refractivity contribution in [3.05, 3.63) is 23.7 Å². The molecule has 4 nitrogen and oxygen atoms in total. The van der Waals surface area contributed by atoms with E-state index in [1.807, 2.05) is 26.0 Å². The van der Waals surface area contributed by atoms with Gasteiger partial charge >= 0.3 is 0 Å². The van der Waals surface area contributed by atoms with Crippen LogP contribution < -0.4 is 10.6 Å². The van der Waals surface area contributed by atoms with Crippen molar-refractivity contribution in [1.29, 1.82) is 0 Å². The maximum Gasteiger partial charge on any atom is 0.230 e. The second-order valence-corrected chi connectivity index (χ2v) is 6.29. The third-order valence-corrected chi connectivity index (χ3v) is 4.67. The Balaban J connectivity index is 1.71. The van der Waals surface area contributed by atoms with E-state index in [0.29, 0.717) is 11.0 Å². The van der Waals surface area contributed by atoms with Crippen molar-refractivity contribution in [3.63, 3.8) is 0 Å². The highest BCUT2D eigenvalue weighted by Gasteiger charge is 2.17. The average molecular weight is 282 g/mol. The first-order valence-corrected chi connectivity index (χ1v) is 7.88. The smallest absolute Gasteiger partial charge is 0.230 e. The third kappa shape index (κ3) is 4.58. The summed E-state index contributed by atoms with van der Waals surface area (Å²) in [6.07, 6.45) is 2.32. The molecule has 1 aromatic rings. The van der Waals surface area contributed by atoms with E-state index in [4.69, 9.17) is 4.42 Å². The number of aryl methyl sites for hydroxylation is 1. The fourth-order valence-electron chi connectivity index (χ4n) is 2.20. The molecule has 0 aliphatic carbocycles. The van der Waals surface area contributed by atoms with Gasteiger partial charge in [0.15, 0.2) is 0 Å². The van der Waals surface area contributed by atoms with Gasteiger partial charge in [-0.3, -0.25) is 4.79 Å². The molecular formula is C14H22N2O2S. The molecule has 0 bridgehead atoms. The minimum Gasteiger partial charge on any atom is -0.464 e. The topological polar surface area (TPSA) is 54.3 Å². The van der Waals surface area contributed by atoms with Gasteiger partial charge in [-0.05, 0) is 51.9 Å². The molecule has 0 radical (unpaired) electrons. The van der Waals surface area contributed by atoms with Crippen molar-refractivity contribution in [2.24, 2.45) is 0 Å². The fourth-order valence-corrected chi connectivity index (χ4v) is 3.24. The zero-order valence-electron chi connectivity index (χ0n) is 11.6. The number of thioether (sulfide) groups is 1. The number of rotatable bonds is 5. The number of amides is 1. The monoisotopic (exact) mass is 282 g/mol. The lowest BCUT2D eigenvalue weighted by atomic mass is 10.2. The quantitative estimate of drug-likeness (QED) is 0.870. The molecule has 1 aliphatic heterocycles. The van der Waals surface area contributed by atoms with E-state index in [9.17, 15) is 4.79 Å². The normalized spacial score (nSPS) is 18.2. The Labute approximate surface area is 118 Å². The molecule has 2 heterocycles. The van der Waals surface area contributed by atoms with Crippen LogP contribution in [-0.4, -0.2) is 30.0 Å². The van der Waals surface area contributed by atoms with E-state index in [0.717, 1.165) is 37.5 Å². The van der Waals surface area contributed by atoms with Crippen molar-refractivity contribution in [2.45, 2.75) is 38.0 Å². The number of carbonyl (C=O) groups is 1. The number of carbonyl (C=O) groups excluding carboxylic acids is 1. The van der Waals surface area contributed by atoms with Crippen molar-refractivity contribution in [1.82, 2.24) is 10.6 Å². The van der Waals surface area contributed by atoms with Gasteiger partial charge < -0.3 is 15.1 Å².